The molecule has 0 bridgehead atoms. The SMILES string of the molecule is CCOC(=O)CC(=COC(C)=O)NC(=O)[C@@H]1CCCN2C(=O)CC[C@H](NC(=O)c3ccccc3)C(=O)N12. The Morgan fingerprint density at radius 1 is 1.11 bits per heavy atom. The summed E-state index contributed by atoms with van der Waals surface area (Å²) in [6.45, 7) is 3.14. The molecule has 0 saturated carbocycles. The summed E-state index contributed by atoms with van der Waals surface area (Å²) in [6, 6.07) is 6.23. The summed E-state index contributed by atoms with van der Waals surface area (Å²) in [6.07, 6.45) is 1.34. The normalized spacial score (nSPS) is 19.9. The van der Waals surface area contributed by atoms with E-state index < -0.39 is 41.7 Å². The molecule has 37 heavy (non-hydrogen) atoms. The minimum atomic E-state index is -1.10. The van der Waals surface area contributed by atoms with Gasteiger partial charge in [-0.2, -0.15) is 0 Å². The summed E-state index contributed by atoms with van der Waals surface area (Å²) in [7, 11) is 0. The zero-order chi connectivity index (χ0) is 26.9. The topological polar surface area (TPSA) is 151 Å². The van der Waals surface area contributed by atoms with Crippen LogP contribution in [0.5, 0.6) is 0 Å². The van der Waals surface area contributed by atoms with Crippen LogP contribution in [0.2, 0.25) is 0 Å². The number of hydrogen-bond acceptors (Lipinski definition) is 8. The number of carbonyl (C=O) groups is 6. The molecule has 0 aliphatic carbocycles. The summed E-state index contributed by atoms with van der Waals surface area (Å²) in [5.74, 6) is -3.40. The molecule has 198 valence electrons. The van der Waals surface area contributed by atoms with Crippen LogP contribution in [0, 0.1) is 0 Å². The van der Waals surface area contributed by atoms with E-state index in [-0.39, 0.29) is 50.4 Å². The fourth-order valence-corrected chi connectivity index (χ4v) is 4.12. The number of benzene rings is 1. The molecule has 1 aromatic carbocycles. The lowest BCUT2D eigenvalue weighted by molar-refractivity contribution is -0.175. The highest BCUT2D eigenvalue weighted by atomic mass is 16.5. The second-order valence-corrected chi connectivity index (χ2v) is 8.51. The van der Waals surface area contributed by atoms with Crippen LogP contribution in [-0.4, -0.2) is 70.8 Å². The van der Waals surface area contributed by atoms with Crippen LogP contribution >= 0.6 is 0 Å². The van der Waals surface area contributed by atoms with Crippen molar-refractivity contribution in [3.63, 3.8) is 0 Å². The van der Waals surface area contributed by atoms with E-state index in [2.05, 4.69) is 10.6 Å². The molecule has 4 amide bonds. The first-order chi connectivity index (χ1) is 17.7. The summed E-state index contributed by atoms with van der Waals surface area (Å²) < 4.78 is 9.72. The van der Waals surface area contributed by atoms with Crippen LogP contribution in [0.4, 0.5) is 0 Å². The largest absolute Gasteiger partial charge is 0.466 e. The van der Waals surface area contributed by atoms with Gasteiger partial charge in [0, 0.05) is 25.5 Å². The molecule has 2 atom stereocenters. The van der Waals surface area contributed by atoms with Gasteiger partial charge in [-0.05, 0) is 38.3 Å². The van der Waals surface area contributed by atoms with Crippen LogP contribution in [0.1, 0.15) is 56.3 Å². The van der Waals surface area contributed by atoms with Crippen molar-refractivity contribution in [2.24, 2.45) is 0 Å². The Bertz CT molecular complexity index is 1090. The molecule has 1 aromatic rings. The summed E-state index contributed by atoms with van der Waals surface area (Å²) in [5, 5.41) is 7.54. The predicted molar refractivity (Wildman–Crippen MR) is 128 cm³/mol. The minimum absolute atomic E-state index is 0.0107. The average molecular weight is 515 g/mol. The number of rotatable bonds is 8. The van der Waals surface area contributed by atoms with Crippen molar-refractivity contribution in [3.8, 4) is 0 Å². The maximum Gasteiger partial charge on any atom is 0.311 e. The van der Waals surface area contributed by atoms with Crippen molar-refractivity contribution in [1.29, 1.82) is 0 Å². The predicted octanol–water partition coefficient (Wildman–Crippen LogP) is 0.787. The summed E-state index contributed by atoms with van der Waals surface area (Å²) in [4.78, 5) is 75.6. The Labute approximate surface area is 213 Å². The number of esters is 2. The van der Waals surface area contributed by atoms with Gasteiger partial charge in [0.1, 0.15) is 18.3 Å². The van der Waals surface area contributed by atoms with Crippen LogP contribution in [-0.2, 0) is 33.4 Å². The van der Waals surface area contributed by atoms with Crippen LogP contribution < -0.4 is 10.6 Å². The van der Waals surface area contributed by atoms with Gasteiger partial charge in [-0.15, -0.1) is 0 Å². The third-order valence-corrected chi connectivity index (χ3v) is 5.80. The fraction of sp³-hybridized carbons (Fsp3) is 0.440. The van der Waals surface area contributed by atoms with E-state index in [1.165, 1.54) is 5.01 Å². The molecule has 3 rings (SSSR count). The second kappa shape index (κ2) is 12.7. The molecule has 12 heteroatoms. The minimum Gasteiger partial charge on any atom is -0.466 e. The number of nitrogens with zero attached hydrogens (tertiary/aromatic N) is 2. The molecule has 2 aliphatic heterocycles. The molecule has 0 radical (unpaired) electrons. The van der Waals surface area contributed by atoms with Gasteiger partial charge in [-0.25, -0.2) is 5.01 Å². The van der Waals surface area contributed by atoms with Crippen LogP contribution in [0.25, 0.3) is 0 Å². The highest BCUT2D eigenvalue weighted by molar-refractivity contribution is 5.99. The Kier molecular flexibility index (Phi) is 9.36. The highest BCUT2D eigenvalue weighted by Gasteiger charge is 2.44. The quantitative estimate of drug-likeness (QED) is 0.382. The molecule has 2 fully saturated rings. The molecule has 0 aromatic heterocycles. The Hall–Kier alpha value is -4.22. The number of nitrogens with one attached hydrogen (secondary N) is 2. The van der Waals surface area contributed by atoms with Crippen molar-refractivity contribution in [2.45, 2.75) is 58.0 Å². The smallest absolute Gasteiger partial charge is 0.311 e. The van der Waals surface area contributed by atoms with E-state index in [4.69, 9.17) is 9.47 Å². The second-order valence-electron chi connectivity index (χ2n) is 8.51. The molecule has 2 saturated heterocycles. The highest BCUT2D eigenvalue weighted by Crippen LogP contribution is 2.25. The van der Waals surface area contributed by atoms with Gasteiger partial charge in [0.25, 0.3) is 11.8 Å². The van der Waals surface area contributed by atoms with E-state index in [0.29, 0.717) is 12.0 Å². The van der Waals surface area contributed by atoms with Gasteiger partial charge in [-0.1, -0.05) is 18.2 Å². The van der Waals surface area contributed by atoms with Gasteiger partial charge >= 0.3 is 11.9 Å². The van der Waals surface area contributed by atoms with Gasteiger partial charge in [-0.3, -0.25) is 33.8 Å². The molecular formula is C25H30N4O8. The van der Waals surface area contributed by atoms with Crippen molar-refractivity contribution in [1.82, 2.24) is 20.7 Å². The molecule has 2 heterocycles. The number of ether oxygens (including phenoxy) is 2. The number of fused-ring (bicyclic) bond motifs is 1. The maximum absolute atomic E-state index is 13.5. The Balaban J connectivity index is 1.81. The number of carbonyl (C=O) groups excluding carboxylic acids is 6. The third kappa shape index (κ3) is 7.15. The first kappa shape index (κ1) is 27.4. The first-order valence-electron chi connectivity index (χ1n) is 12.0. The van der Waals surface area contributed by atoms with Gasteiger partial charge in [0.05, 0.1) is 18.7 Å². The number of hydrogen-bond donors (Lipinski definition) is 2. The molecule has 12 nitrogen and oxygen atoms in total. The lowest BCUT2D eigenvalue weighted by Gasteiger charge is -2.43. The Morgan fingerprint density at radius 3 is 2.51 bits per heavy atom. The molecule has 0 unspecified atom stereocenters. The first-order valence-corrected chi connectivity index (χ1v) is 12.0. The number of hydrazine groups is 1. The van der Waals surface area contributed by atoms with Crippen LogP contribution in [0.3, 0.4) is 0 Å². The number of amides is 4. The third-order valence-electron chi connectivity index (χ3n) is 5.80. The van der Waals surface area contributed by atoms with Crippen LogP contribution in [0.15, 0.2) is 42.3 Å². The average Bonchev–Trinajstić information content (AvgIpc) is 2.99. The van der Waals surface area contributed by atoms with E-state index in [1.54, 1.807) is 37.3 Å². The van der Waals surface area contributed by atoms with Gasteiger partial charge < -0.3 is 20.1 Å². The van der Waals surface area contributed by atoms with Crippen molar-refractivity contribution < 1.29 is 38.2 Å². The van der Waals surface area contributed by atoms with Gasteiger partial charge in [0.2, 0.25) is 11.8 Å². The van der Waals surface area contributed by atoms with Gasteiger partial charge in [0.15, 0.2) is 0 Å². The zero-order valence-electron chi connectivity index (χ0n) is 20.7. The van der Waals surface area contributed by atoms with E-state index in [0.717, 1.165) is 18.2 Å². The lowest BCUT2D eigenvalue weighted by Crippen LogP contribution is -2.63. The van der Waals surface area contributed by atoms with E-state index >= 15 is 0 Å². The summed E-state index contributed by atoms with van der Waals surface area (Å²) >= 11 is 0. The molecule has 2 N–H and O–H groups in total. The molecular weight excluding hydrogens is 484 g/mol. The standard InChI is InChI=1S/C25H30N4O8/c1-3-36-22(32)14-18(15-37-16(2)30)26-24(34)20-10-7-13-28-21(31)12-11-19(25(35)29(20)28)27-23(33)17-8-5-4-6-9-17/h4-6,8-9,15,19-20H,3,7,10-14H2,1-2H3,(H,26,34)(H,27,33)/t19-,20-/m0/s1. The van der Waals surface area contributed by atoms with Crippen molar-refractivity contribution >= 4 is 35.6 Å². The monoisotopic (exact) mass is 514 g/mol. The van der Waals surface area contributed by atoms with Crippen molar-refractivity contribution in [3.05, 3.63) is 47.9 Å². The van der Waals surface area contributed by atoms with E-state index in [1.807, 2.05) is 0 Å². The molecule has 0 spiro atoms. The Morgan fingerprint density at radius 2 is 1.84 bits per heavy atom. The van der Waals surface area contributed by atoms with E-state index in [9.17, 15) is 28.8 Å². The van der Waals surface area contributed by atoms with Crippen molar-refractivity contribution in [2.75, 3.05) is 13.2 Å². The maximum atomic E-state index is 13.5. The fourth-order valence-electron chi connectivity index (χ4n) is 4.12. The zero-order valence-corrected chi connectivity index (χ0v) is 20.7. The summed E-state index contributed by atoms with van der Waals surface area (Å²) in [5.41, 5.74) is 0.313. The lowest BCUT2D eigenvalue weighted by atomic mass is 10.1. The molecule has 2 aliphatic rings.